The molecule has 4 nitrogen and oxygen atoms in total. The molecule has 0 fully saturated rings. The zero-order valence-electron chi connectivity index (χ0n) is 9.27. The Morgan fingerprint density at radius 3 is 3.19 bits per heavy atom. The van der Waals surface area contributed by atoms with Crippen molar-refractivity contribution in [1.82, 2.24) is 10.3 Å². The van der Waals surface area contributed by atoms with Crippen molar-refractivity contribution in [1.29, 1.82) is 0 Å². The summed E-state index contributed by atoms with van der Waals surface area (Å²) in [6, 6.07) is 0. The number of nitrogens with one attached hydrogen (secondary N) is 1. The van der Waals surface area contributed by atoms with E-state index in [2.05, 4.69) is 15.0 Å². The van der Waals surface area contributed by atoms with Crippen molar-refractivity contribution in [2.75, 3.05) is 25.2 Å². The summed E-state index contributed by atoms with van der Waals surface area (Å²) in [6.07, 6.45) is 0.493. The van der Waals surface area contributed by atoms with E-state index in [1.807, 2.05) is 10.9 Å². The first kappa shape index (κ1) is 13.5. The Balaban J connectivity index is 1.87. The summed E-state index contributed by atoms with van der Waals surface area (Å²) < 4.78 is 4.55. The molecular weight excluding hydrogens is 244 g/mol. The van der Waals surface area contributed by atoms with Crippen LogP contribution in [0.1, 0.15) is 12.1 Å². The number of methoxy groups -OCH3 is 1. The maximum Gasteiger partial charge on any atom is 0.306 e. The average molecular weight is 260 g/mol. The van der Waals surface area contributed by atoms with E-state index in [1.54, 1.807) is 23.1 Å². The maximum absolute atomic E-state index is 10.8. The third-order valence-electron chi connectivity index (χ3n) is 1.89. The van der Waals surface area contributed by atoms with Crippen molar-refractivity contribution >= 4 is 29.1 Å². The molecule has 6 heteroatoms. The highest BCUT2D eigenvalue weighted by atomic mass is 32.2. The Morgan fingerprint density at radius 1 is 1.62 bits per heavy atom. The van der Waals surface area contributed by atoms with Gasteiger partial charge in [-0.3, -0.25) is 4.79 Å². The molecule has 0 aliphatic carbocycles. The zero-order valence-corrected chi connectivity index (χ0v) is 10.9. The van der Waals surface area contributed by atoms with Crippen LogP contribution in [-0.4, -0.2) is 36.1 Å². The van der Waals surface area contributed by atoms with Gasteiger partial charge >= 0.3 is 5.97 Å². The van der Waals surface area contributed by atoms with Crippen LogP contribution in [0, 0.1) is 0 Å². The average Bonchev–Trinajstić information content (AvgIpc) is 2.80. The molecule has 1 rings (SSSR count). The number of hydrogen-bond acceptors (Lipinski definition) is 6. The number of nitrogens with zero attached hydrogens (tertiary/aromatic N) is 1. The first-order valence-electron chi connectivity index (χ1n) is 5.05. The molecule has 16 heavy (non-hydrogen) atoms. The van der Waals surface area contributed by atoms with E-state index in [9.17, 15) is 4.79 Å². The Bertz CT molecular complexity index is 291. The van der Waals surface area contributed by atoms with Crippen molar-refractivity contribution in [3.8, 4) is 0 Å². The van der Waals surface area contributed by atoms with Gasteiger partial charge in [0.15, 0.2) is 0 Å². The number of thioether (sulfide) groups is 1. The van der Waals surface area contributed by atoms with Crippen LogP contribution in [0.15, 0.2) is 10.9 Å². The molecule has 1 N–H and O–H groups in total. The second kappa shape index (κ2) is 8.55. The van der Waals surface area contributed by atoms with Gasteiger partial charge in [-0.1, -0.05) is 0 Å². The number of rotatable bonds is 8. The molecule has 90 valence electrons. The first-order chi connectivity index (χ1) is 7.83. The van der Waals surface area contributed by atoms with E-state index < -0.39 is 0 Å². The Hall–Kier alpha value is -0.590. The van der Waals surface area contributed by atoms with E-state index in [0.29, 0.717) is 6.42 Å². The lowest BCUT2D eigenvalue weighted by Crippen LogP contribution is -2.17. The summed E-state index contributed by atoms with van der Waals surface area (Å²) in [6.45, 7) is 1.75. The fourth-order valence-electron chi connectivity index (χ4n) is 1.05. The molecule has 0 aliphatic heterocycles. The lowest BCUT2D eigenvalue weighted by molar-refractivity contribution is -0.140. The van der Waals surface area contributed by atoms with Gasteiger partial charge in [0.25, 0.3) is 0 Å². The molecule has 1 heterocycles. The number of esters is 1. The quantitative estimate of drug-likeness (QED) is 0.567. The number of hydrogen-bond donors (Lipinski definition) is 1. The van der Waals surface area contributed by atoms with Crippen molar-refractivity contribution in [3.05, 3.63) is 16.6 Å². The topological polar surface area (TPSA) is 51.2 Å². The second-order valence-corrected chi connectivity index (χ2v) is 5.04. The Morgan fingerprint density at radius 2 is 2.50 bits per heavy atom. The zero-order chi connectivity index (χ0) is 11.6. The predicted molar refractivity (Wildman–Crippen MR) is 67.8 cm³/mol. The molecule has 0 atom stereocenters. The fourth-order valence-corrected chi connectivity index (χ4v) is 2.41. The third-order valence-corrected chi connectivity index (χ3v) is 3.51. The highest BCUT2D eigenvalue weighted by molar-refractivity contribution is 7.99. The van der Waals surface area contributed by atoms with Gasteiger partial charge < -0.3 is 10.1 Å². The van der Waals surface area contributed by atoms with Crippen LogP contribution >= 0.6 is 23.1 Å². The van der Waals surface area contributed by atoms with E-state index in [-0.39, 0.29) is 5.97 Å². The summed E-state index contributed by atoms with van der Waals surface area (Å²) in [5, 5.41) is 5.34. The Kier molecular flexibility index (Phi) is 7.20. The first-order valence-corrected chi connectivity index (χ1v) is 7.15. The highest BCUT2D eigenvalue weighted by Crippen LogP contribution is 2.03. The maximum atomic E-state index is 10.8. The van der Waals surface area contributed by atoms with Crippen molar-refractivity contribution in [2.45, 2.75) is 13.0 Å². The fraction of sp³-hybridized carbons (Fsp3) is 0.600. The van der Waals surface area contributed by atoms with Crippen LogP contribution in [0.3, 0.4) is 0 Å². The minimum Gasteiger partial charge on any atom is -0.469 e. The van der Waals surface area contributed by atoms with Crippen LogP contribution in [0.2, 0.25) is 0 Å². The van der Waals surface area contributed by atoms with Gasteiger partial charge in [-0.05, 0) is 0 Å². The number of aromatic nitrogens is 1. The molecular formula is C10H16N2O2S2. The molecule has 1 aromatic rings. The summed E-state index contributed by atoms with van der Waals surface area (Å²) >= 11 is 3.36. The molecule has 0 spiro atoms. The van der Waals surface area contributed by atoms with Gasteiger partial charge in [-0.2, -0.15) is 11.8 Å². The molecule has 0 unspecified atom stereocenters. The summed E-state index contributed by atoms with van der Waals surface area (Å²) in [5.41, 5.74) is 2.92. The standard InChI is InChI=1S/C10H16N2O2S2/c1-14-10(13)2-4-15-5-3-11-6-9-7-16-8-12-9/h7-8,11H,2-6H2,1H3. The van der Waals surface area contributed by atoms with Gasteiger partial charge in [-0.15, -0.1) is 11.3 Å². The third kappa shape index (κ3) is 6.09. The van der Waals surface area contributed by atoms with E-state index in [4.69, 9.17) is 0 Å². The van der Waals surface area contributed by atoms with Crippen LogP contribution in [0.4, 0.5) is 0 Å². The number of carbonyl (C=O) groups excluding carboxylic acids is 1. The van der Waals surface area contributed by atoms with Gasteiger partial charge in [0.1, 0.15) is 0 Å². The van der Waals surface area contributed by atoms with Gasteiger partial charge in [0.05, 0.1) is 24.7 Å². The highest BCUT2D eigenvalue weighted by Gasteiger charge is 1.99. The smallest absolute Gasteiger partial charge is 0.306 e. The van der Waals surface area contributed by atoms with Crippen LogP contribution < -0.4 is 5.32 Å². The van der Waals surface area contributed by atoms with Gasteiger partial charge in [0.2, 0.25) is 0 Å². The summed E-state index contributed by atoms with van der Waals surface area (Å²) in [7, 11) is 1.42. The minimum atomic E-state index is -0.136. The number of thiazole rings is 1. The molecule has 0 saturated carbocycles. The van der Waals surface area contributed by atoms with Crippen molar-refractivity contribution in [3.63, 3.8) is 0 Å². The monoisotopic (exact) mass is 260 g/mol. The van der Waals surface area contributed by atoms with Crippen LogP contribution in [0.25, 0.3) is 0 Å². The summed E-state index contributed by atoms with van der Waals surface area (Å²) in [4.78, 5) is 15.0. The van der Waals surface area contributed by atoms with Crippen molar-refractivity contribution < 1.29 is 9.53 Å². The predicted octanol–water partition coefficient (Wildman–Crippen LogP) is 1.53. The summed E-state index contributed by atoms with van der Waals surface area (Å²) in [5.74, 6) is 1.69. The molecule has 0 radical (unpaired) electrons. The molecule has 1 aromatic heterocycles. The van der Waals surface area contributed by atoms with Gasteiger partial charge in [0, 0.05) is 30.0 Å². The molecule has 0 saturated heterocycles. The normalized spacial score (nSPS) is 10.3. The SMILES string of the molecule is COC(=O)CCSCCNCc1cscn1. The number of ether oxygens (including phenoxy) is 1. The lowest BCUT2D eigenvalue weighted by atomic mass is 10.5. The Labute approximate surface area is 104 Å². The second-order valence-electron chi connectivity index (χ2n) is 3.10. The van der Waals surface area contributed by atoms with E-state index >= 15 is 0 Å². The minimum absolute atomic E-state index is 0.136. The van der Waals surface area contributed by atoms with Gasteiger partial charge in [-0.25, -0.2) is 4.98 Å². The van der Waals surface area contributed by atoms with Crippen LogP contribution in [-0.2, 0) is 16.1 Å². The molecule has 0 bridgehead atoms. The largest absolute Gasteiger partial charge is 0.469 e. The van der Waals surface area contributed by atoms with Crippen LogP contribution in [0.5, 0.6) is 0 Å². The molecule has 0 amide bonds. The molecule has 0 aliphatic rings. The lowest BCUT2D eigenvalue weighted by Gasteiger charge is -2.02. The van der Waals surface area contributed by atoms with E-state index in [1.165, 1.54) is 7.11 Å². The number of carbonyl (C=O) groups is 1. The van der Waals surface area contributed by atoms with Crippen molar-refractivity contribution in [2.24, 2.45) is 0 Å². The molecule has 0 aromatic carbocycles. The van der Waals surface area contributed by atoms with E-state index in [0.717, 1.165) is 30.3 Å².